The molecule has 3 aliphatic rings. The van der Waals surface area contributed by atoms with E-state index in [4.69, 9.17) is 0 Å². The fourth-order valence-corrected chi connectivity index (χ4v) is 5.00. The molecule has 3 aliphatic heterocycles. The summed E-state index contributed by atoms with van der Waals surface area (Å²) in [6.45, 7) is 10.6. The Morgan fingerprint density at radius 1 is 1.23 bits per heavy atom. The number of carbonyl (C=O) groups is 1. The van der Waals surface area contributed by atoms with E-state index in [1.54, 1.807) is 11.3 Å². The van der Waals surface area contributed by atoms with Crippen molar-refractivity contribution in [1.29, 1.82) is 0 Å². The number of fused-ring (bicyclic) bond motifs is 4. The van der Waals surface area contributed by atoms with Crippen molar-refractivity contribution in [2.24, 2.45) is 5.92 Å². The lowest BCUT2D eigenvalue weighted by atomic mass is 9.94. The van der Waals surface area contributed by atoms with Crippen LogP contribution in [0.4, 0.5) is 0 Å². The normalized spacial score (nSPS) is 23.7. The molecule has 6 nitrogen and oxygen atoms in total. The van der Waals surface area contributed by atoms with Crippen LogP contribution in [-0.2, 0) is 24.4 Å². The van der Waals surface area contributed by atoms with Gasteiger partial charge in [0.05, 0.1) is 29.4 Å². The van der Waals surface area contributed by atoms with Crippen molar-refractivity contribution in [3.63, 3.8) is 0 Å². The number of nitrogens with zero attached hydrogens (tertiary/aromatic N) is 5. The lowest BCUT2D eigenvalue weighted by Gasteiger charge is -2.35. The second-order valence-corrected chi connectivity index (χ2v) is 8.25. The molecule has 7 heteroatoms. The van der Waals surface area contributed by atoms with Crippen molar-refractivity contribution in [1.82, 2.24) is 24.6 Å². The average molecular weight is 374 g/mol. The van der Waals surface area contributed by atoms with Crippen LogP contribution in [0.2, 0.25) is 0 Å². The lowest BCUT2D eigenvalue weighted by Crippen LogP contribution is -2.47. The maximum absolute atomic E-state index is 13.0. The molecule has 2 aromatic heterocycles. The van der Waals surface area contributed by atoms with E-state index >= 15 is 0 Å². The highest BCUT2D eigenvalue weighted by atomic mass is 32.1. The van der Waals surface area contributed by atoms with E-state index in [-0.39, 0.29) is 5.92 Å². The van der Waals surface area contributed by atoms with Gasteiger partial charge in [-0.25, -0.2) is 4.98 Å². The quantitative estimate of drug-likeness (QED) is 0.808. The smallest absolute Gasteiger partial charge is 0.227 e. The molecule has 140 valence electrons. The molecule has 0 N–H and O–H groups in total. The van der Waals surface area contributed by atoms with Crippen LogP contribution in [-0.4, -0.2) is 49.6 Å². The second kappa shape index (κ2) is 7.12. The van der Waals surface area contributed by atoms with Crippen LogP contribution in [0.25, 0.3) is 0 Å². The first-order valence-electron chi connectivity index (χ1n) is 9.49. The Morgan fingerprint density at radius 3 is 2.77 bits per heavy atom. The minimum Gasteiger partial charge on any atom is -0.332 e. The van der Waals surface area contributed by atoms with Crippen LogP contribution in [0, 0.1) is 19.8 Å². The number of amides is 1. The standard InChI is InChI=1S/C19H27N5OS/c1-4-24-14(3)18(13(2)21-24)10-22-7-15-5-6-17(9-22)23(19(15)25)8-16-11-26-12-20-16/h11-12,15,17H,4-10H2,1-3H3/t15-,17+/m1/s1. The summed E-state index contributed by atoms with van der Waals surface area (Å²) in [5.74, 6) is 0.434. The molecule has 26 heavy (non-hydrogen) atoms. The number of hydrogen-bond donors (Lipinski definition) is 0. The fraction of sp³-hybridized carbons (Fsp3) is 0.632. The first-order chi connectivity index (χ1) is 12.6. The van der Waals surface area contributed by atoms with Gasteiger partial charge in [-0.2, -0.15) is 5.10 Å². The van der Waals surface area contributed by atoms with Gasteiger partial charge in [0.2, 0.25) is 5.91 Å². The van der Waals surface area contributed by atoms with E-state index in [0.29, 0.717) is 18.5 Å². The van der Waals surface area contributed by atoms with E-state index in [1.807, 2.05) is 5.51 Å². The Kier molecular flexibility index (Phi) is 4.84. The molecule has 1 amide bonds. The van der Waals surface area contributed by atoms with Crippen molar-refractivity contribution in [2.45, 2.75) is 59.3 Å². The maximum Gasteiger partial charge on any atom is 0.227 e. The molecule has 0 unspecified atom stereocenters. The van der Waals surface area contributed by atoms with Gasteiger partial charge in [0, 0.05) is 48.9 Å². The highest BCUT2D eigenvalue weighted by molar-refractivity contribution is 7.07. The Morgan fingerprint density at radius 2 is 2.08 bits per heavy atom. The third-order valence-electron chi connectivity index (χ3n) is 5.90. The van der Waals surface area contributed by atoms with Gasteiger partial charge in [0.15, 0.2) is 0 Å². The van der Waals surface area contributed by atoms with Gasteiger partial charge in [-0.1, -0.05) is 0 Å². The predicted molar refractivity (Wildman–Crippen MR) is 102 cm³/mol. The van der Waals surface area contributed by atoms with Crippen LogP contribution in [0.5, 0.6) is 0 Å². The van der Waals surface area contributed by atoms with Gasteiger partial charge >= 0.3 is 0 Å². The zero-order valence-corrected chi connectivity index (χ0v) is 16.6. The van der Waals surface area contributed by atoms with Gasteiger partial charge in [-0.05, 0) is 33.6 Å². The van der Waals surface area contributed by atoms with Crippen LogP contribution >= 0.6 is 11.3 Å². The van der Waals surface area contributed by atoms with Gasteiger partial charge in [0.25, 0.3) is 0 Å². The lowest BCUT2D eigenvalue weighted by molar-refractivity contribution is -0.140. The largest absolute Gasteiger partial charge is 0.332 e. The monoisotopic (exact) mass is 373 g/mol. The van der Waals surface area contributed by atoms with Crippen LogP contribution in [0.15, 0.2) is 10.9 Å². The Bertz CT molecular complexity index is 784. The van der Waals surface area contributed by atoms with Gasteiger partial charge < -0.3 is 4.90 Å². The molecular formula is C19H27N5OS. The molecule has 3 saturated heterocycles. The highest BCUT2D eigenvalue weighted by Gasteiger charge is 2.40. The van der Waals surface area contributed by atoms with Crippen molar-refractivity contribution in [3.05, 3.63) is 33.5 Å². The highest BCUT2D eigenvalue weighted by Crippen LogP contribution is 2.31. The van der Waals surface area contributed by atoms with E-state index in [9.17, 15) is 4.79 Å². The second-order valence-electron chi connectivity index (χ2n) is 7.53. The zero-order valence-electron chi connectivity index (χ0n) is 15.8. The van der Waals surface area contributed by atoms with Crippen LogP contribution < -0.4 is 0 Å². The number of aromatic nitrogens is 3. The predicted octanol–water partition coefficient (Wildman–Crippen LogP) is 2.60. The fourth-order valence-electron chi connectivity index (χ4n) is 4.45. The number of aryl methyl sites for hydroxylation is 2. The van der Waals surface area contributed by atoms with E-state index in [2.05, 4.69) is 50.7 Å². The summed E-state index contributed by atoms with van der Waals surface area (Å²) < 4.78 is 2.08. The third kappa shape index (κ3) is 3.18. The third-order valence-corrected chi connectivity index (χ3v) is 6.53. The van der Waals surface area contributed by atoms with E-state index in [1.165, 1.54) is 11.3 Å². The minimum atomic E-state index is 0.120. The van der Waals surface area contributed by atoms with E-state index in [0.717, 1.165) is 50.4 Å². The number of thiazole rings is 1. The maximum atomic E-state index is 13.0. The first-order valence-corrected chi connectivity index (χ1v) is 10.4. The minimum absolute atomic E-state index is 0.120. The zero-order chi connectivity index (χ0) is 18.3. The first kappa shape index (κ1) is 17.7. The summed E-state index contributed by atoms with van der Waals surface area (Å²) in [6.07, 6.45) is 2.11. The number of piperidine rings is 1. The van der Waals surface area contributed by atoms with Gasteiger partial charge in [0.1, 0.15) is 0 Å². The molecule has 0 aliphatic carbocycles. The Balaban J connectivity index is 1.53. The summed E-state index contributed by atoms with van der Waals surface area (Å²) in [4.78, 5) is 21.9. The molecule has 2 bridgehead atoms. The molecular weight excluding hydrogens is 346 g/mol. The number of carbonyl (C=O) groups excluding carboxylic acids is 1. The molecule has 3 fully saturated rings. The molecule has 0 saturated carbocycles. The van der Waals surface area contributed by atoms with Gasteiger partial charge in [-0.15, -0.1) is 11.3 Å². The summed E-state index contributed by atoms with van der Waals surface area (Å²) in [7, 11) is 0. The van der Waals surface area contributed by atoms with Crippen LogP contribution in [0.1, 0.15) is 42.4 Å². The number of rotatable bonds is 5. The van der Waals surface area contributed by atoms with Crippen molar-refractivity contribution in [2.75, 3.05) is 13.1 Å². The van der Waals surface area contributed by atoms with Gasteiger partial charge in [-0.3, -0.25) is 14.4 Å². The van der Waals surface area contributed by atoms with Crippen LogP contribution in [0.3, 0.4) is 0 Å². The van der Waals surface area contributed by atoms with Crippen molar-refractivity contribution >= 4 is 17.2 Å². The Hall–Kier alpha value is -1.73. The number of hydrogen-bond acceptors (Lipinski definition) is 5. The van der Waals surface area contributed by atoms with Crippen molar-refractivity contribution in [3.8, 4) is 0 Å². The summed E-state index contributed by atoms with van der Waals surface area (Å²) >= 11 is 1.60. The molecule has 5 heterocycles. The molecule has 0 radical (unpaired) electrons. The van der Waals surface area contributed by atoms with E-state index < -0.39 is 0 Å². The molecule has 5 rings (SSSR count). The average Bonchev–Trinajstić information content (AvgIpc) is 3.13. The summed E-state index contributed by atoms with van der Waals surface area (Å²) in [6, 6.07) is 0.296. The molecule has 0 spiro atoms. The molecule has 2 atom stereocenters. The van der Waals surface area contributed by atoms with Crippen molar-refractivity contribution < 1.29 is 4.79 Å². The summed E-state index contributed by atoms with van der Waals surface area (Å²) in [5.41, 5.74) is 6.56. The molecule has 2 aromatic rings. The Labute approximate surface area is 158 Å². The SMILES string of the molecule is CCn1nc(C)c(CN2C[C@H]3CC[C@@H](C2)N(Cc2cscn2)C3=O)c1C. The molecule has 0 aromatic carbocycles. The topological polar surface area (TPSA) is 54.3 Å². The summed E-state index contributed by atoms with van der Waals surface area (Å²) in [5, 5.41) is 6.71.